The normalized spacial score (nSPS) is 11.2. The summed E-state index contributed by atoms with van der Waals surface area (Å²) in [6, 6.07) is 8.82. The molecule has 0 spiro atoms. The van der Waals surface area contributed by atoms with E-state index in [4.69, 9.17) is 4.74 Å². The number of fused-ring (bicyclic) bond motifs is 1. The zero-order valence-corrected chi connectivity index (χ0v) is 12.3. The number of nitrogens with one attached hydrogen (secondary N) is 1. The van der Waals surface area contributed by atoms with Crippen molar-refractivity contribution in [3.63, 3.8) is 0 Å². The van der Waals surface area contributed by atoms with Crippen molar-refractivity contribution < 1.29 is 9.53 Å². The lowest BCUT2D eigenvalue weighted by Gasteiger charge is -2.09. The Balaban J connectivity index is 2.19. The highest BCUT2D eigenvalue weighted by molar-refractivity contribution is 5.82. The highest BCUT2D eigenvalue weighted by Crippen LogP contribution is 2.18. The van der Waals surface area contributed by atoms with Crippen molar-refractivity contribution in [2.24, 2.45) is 0 Å². The van der Waals surface area contributed by atoms with E-state index in [1.54, 1.807) is 0 Å². The summed E-state index contributed by atoms with van der Waals surface area (Å²) in [6.45, 7) is 7.59. The summed E-state index contributed by atoms with van der Waals surface area (Å²) in [6.07, 6.45) is 1.93. The number of aromatic nitrogens is 1. The third-order valence-electron chi connectivity index (χ3n) is 3.16. The molecule has 0 fully saturated rings. The molecule has 0 aliphatic carbocycles. The number of benzene rings is 1. The van der Waals surface area contributed by atoms with E-state index in [1.807, 2.05) is 23.8 Å². The third-order valence-corrected chi connectivity index (χ3v) is 3.16. The molecule has 1 aromatic carbocycles. The van der Waals surface area contributed by atoms with E-state index in [9.17, 15) is 4.79 Å². The van der Waals surface area contributed by atoms with Gasteiger partial charge in [-0.15, -0.1) is 0 Å². The van der Waals surface area contributed by atoms with Gasteiger partial charge in [0, 0.05) is 24.3 Å². The molecule has 0 unspecified atom stereocenters. The smallest absolute Gasteiger partial charge is 0.325 e. The Kier molecular flexibility index (Phi) is 4.79. The first-order chi connectivity index (χ1) is 9.60. The van der Waals surface area contributed by atoms with E-state index in [0.29, 0.717) is 12.6 Å². The van der Waals surface area contributed by atoms with Gasteiger partial charge in [-0.25, -0.2) is 0 Å². The lowest BCUT2D eigenvalue weighted by atomic mass is 10.1. The molecule has 4 nitrogen and oxygen atoms in total. The van der Waals surface area contributed by atoms with Gasteiger partial charge in [0.1, 0.15) is 6.54 Å². The number of carbonyl (C=O) groups excluding carboxylic acids is 1. The number of rotatable bonds is 6. The molecule has 20 heavy (non-hydrogen) atoms. The van der Waals surface area contributed by atoms with Gasteiger partial charge >= 0.3 is 5.97 Å². The molecule has 108 valence electrons. The van der Waals surface area contributed by atoms with Crippen LogP contribution in [-0.2, 0) is 22.6 Å². The fourth-order valence-electron chi connectivity index (χ4n) is 2.15. The van der Waals surface area contributed by atoms with Gasteiger partial charge in [-0.2, -0.15) is 0 Å². The maximum atomic E-state index is 11.6. The SMILES string of the molecule is CCOC(=O)Cn1ccc2ccc(CNC(C)C)cc21. The monoisotopic (exact) mass is 274 g/mol. The van der Waals surface area contributed by atoms with Crippen molar-refractivity contribution in [3.8, 4) is 0 Å². The minimum Gasteiger partial charge on any atom is -0.465 e. The van der Waals surface area contributed by atoms with E-state index >= 15 is 0 Å². The quantitative estimate of drug-likeness (QED) is 0.824. The van der Waals surface area contributed by atoms with E-state index in [0.717, 1.165) is 17.4 Å². The van der Waals surface area contributed by atoms with Gasteiger partial charge in [0.25, 0.3) is 0 Å². The van der Waals surface area contributed by atoms with Crippen LogP contribution in [0, 0.1) is 0 Å². The number of ether oxygens (including phenoxy) is 1. The summed E-state index contributed by atoms with van der Waals surface area (Å²) in [5.74, 6) is -0.198. The van der Waals surface area contributed by atoms with Gasteiger partial charge in [0.05, 0.1) is 6.61 Å². The molecule has 1 heterocycles. The zero-order chi connectivity index (χ0) is 14.5. The van der Waals surface area contributed by atoms with Crippen molar-refractivity contribution in [1.82, 2.24) is 9.88 Å². The Labute approximate surface area is 119 Å². The highest BCUT2D eigenvalue weighted by Gasteiger charge is 2.07. The van der Waals surface area contributed by atoms with Crippen molar-refractivity contribution in [3.05, 3.63) is 36.0 Å². The van der Waals surface area contributed by atoms with Gasteiger partial charge in [-0.1, -0.05) is 26.0 Å². The molecular weight excluding hydrogens is 252 g/mol. The molecule has 4 heteroatoms. The summed E-state index contributed by atoms with van der Waals surface area (Å²) in [5.41, 5.74) is 2.29. The average molecular weight is 274 g/mol. The predicted molar refractivity (Wildman–Crippen MR) is 80.5 cm³/mol. The van der Waals surface area contributed by atoms with Crippen molar-refractivity contribution >= 4 is 16.9 Å². The predicted octanol–water partition coefficient (Wildman–Crippen LogP) is 2.70. The second-order valence-electron chi connectivity index (χ2n) is 5.18. The zero-order valence-electron chi connectivity index (χ0n) is 12.3. The summed E-state index contributed by atoms with van der Waals surface area (Å²) in [7, 11) is 0. The van der Waals surface area contributed by atoms with Gasteiger partial charge in [0.15, 0.2) is 0 Å². The Morgan fingerprint density at radius 1 is 1.35 bits per heavy atom. The number of nitrogens with zero attached hydrogens (tertiary/aromatic N) is 1. The molecule has 2 aromatic rings. The molecule has 0 aliphatic heterocycles. The van der Waals surface area contributed by atoms with Gasteiger partial charge in [0.2, 0.25) is 0 Å². The molecule has 0 radical (unpaired) electrons. The third kappa shape index (κ3) is 3.61. The molecule has 1 N–H and O–H groups in total. The van der Waals surface area contributed by atoms with Crippen LogP contribution in [0.4, 0.5) is 0 Å². The fraction of sp³-hybridized carbons (Fsp3) is 0.438. The minimum atomic E-state index is -0.198. The molecule has 0 amide bonds. The lowest BCUT2D eigenvalue weighted by Crippen LogP contribution is -2.21. The van der Waals surface area contributed by atoms with Gasteiger partial charge < -0.3 is 14.6 Å². The number of carbonyl (C=O) groups is 1. The molecule has 0 saturated heterocycles. The van der Waals surface area contributed by atoms with Crippen molar-refractivity contribution in [1.29, 1.82) is 0 Å². The van der Waals surface area contributed by atoms with Crippen molar-refractivity contribution in [2.45, 2.75) is 39.9 Å². The van der Waals surface area contributed by atoms with Crippen LogP contribution in [0.25, 0.3) is 10.9 Å². The van der Waals surface area contributed by atoms with E-state index in [2.05, 4.69) is 37.4 Å². The highest BCUT2D eigenvalue weighted by atomic mass is 16.5. The van der Waals surface area contributed by atoms with Gasteiger partial charge in [-0.05, 0) is 30.0 Å². The topological polar surface area (TPSA) is 43.3 Å². The van der Waals surface area contributed by atoms with Crippen LogP contribution in [0.1, 0.15) is 26.3 Å². The van der Waals surface area contributed by atoms with E-state index in [1.165, 1.54) is 5.56 Å². The first kappa shape index (κ1) is 14.6. The van der Waals surface area contributed by atoms with Crippen LogP contribution in [0.5, 0.6) is 0 Å². The second kappa shape index (κ2) is 6.57. The maximum absolute atomic E-state index is 11.6. The number of esters is 1. The fourth-order valence-corrected chi connectivity index (χ4v) is 2.15. The molecule has 1 aromatic heterocycles. The standard InChI is InChI=1S/C16H22N2O2/c1-4-20-16(19)11-18-8-7-14-6-5-13(9-15(14)18)10-17-12(2)3/h5-9,12,17H,4,10-11H2,1-3H3. The Morgan fingerprint density at radius 2 is 2.15 bits per heavy atom. The first-order valence-electron chi connectivity index (χ1n) is 7.07. The summed E-state index contributed by atoms with van der Waals surface area (Å²) >= 11 is 0. The Bertz CT molecular complexity index is 587. The Morgan fingerprint density at radius 3 is 2.85 bits per heavy atom. The summed E-state index contributed by atoms with van der Waals surface area (Å²) in [4.78, 5) is 11.6. The molecule has 0 saturated carbocycles. The average Bonchev–Trinajstić information content (AvgIpc) is 2.79. The Hall–Kier alpha value is -1.81. The molecule has 0 aliphatic rings. The lowest BCUT2D eigenvalue weighted by molar-refractivity contribution is -0.143. The molecule has 2 rings (SSSR count). The maximum Gasteiger partial charge on any atom is 0.325 e. The number of hydrogen-bond acceptors (Lipinski definition) is 3. The minimum absolute atomic E-state index is 0.198. The van der Waals surface area contributed by atoms with Gasteiger partial charge in [-0.3, -0.25) is 4.79 Å². The molecule has 0 bridgehead atoms. The summed E-state index contributed by atoms with van der Waals surface area (Å²) < 4.78 is 6.94. The van der Waals surface area contributed by atoms with Crippen LogP contribution in [0.2, 0.25) is 0 Å². The van der Waals surface area contributed by atoms with Crippen LogP contribution in [-0.4, -0.2) is 23.2 Å². The number of hydrogen-bond donors (Lipinski definition) is 1. The summed E-state index contributed by atoms with van der Waals surface area (Å²) in [5, 5.41) is 4.54. The first-order valence-corrected chi connectivity index (χ1v) is 7.07. The van der Waals surface area contributed by atoms with Crippen molar-refractivity contribution in [2.75, 3.05) is 6.61 Å². The van der Waals surface area contributed by atoms with Crippen LogP contribution in [0.3, 0.4) is 0 Å². The van der Waals surface area contributed by atoms with Crippen LogP contribution < -0.4 is 5.32 Å². The van der Waals surface area contributed by atoms with E-state index in [-0.39, 0.29) is 12.5 Å². The van der Waals surface area contributed by atoms with E-state index < -0.39 is 0 Å². The largest absolute Gasteiger partial charge is 0.465 e. The molecular formula is C16H22N2O2. The second-order valence-corrected chi connectivity index (χ2v) is 5.18. The molecule has 0 atom stereocenters. The van der Waals surface area contributed by atoms with Crippen LogP contribution >= 0.6 is 0 Å². The van der Waals surface area contributed by atoms with Crippen LogP contribution in [0.15, 0.2) is 30.5 Å².